The first kappa shape index (κ1) is 16.5. The Balaban J connectivity index is 5.03. The van der Waals surface area contributed by atoms with Crippen molar-refractivity contribution < 1.29 is 31.1 Å². The minimum atomic E-state index is -5.64. The van der Waals surface area contributed by atoms with Crippen LogP contribution in [0.5, 0.6) is 0 Å². The van der Waals surface area contributed by atoms with Gasteiger partial charge in [-0.3, -0.25) is 4.79 Å². The summed E-state index contributed by atoms with van der Waals surface area (Å²) in [6.07, 6.45) is -11.3. The molecule has 0 aromatic heterocycles. The van der Waals surface area contributed by atoms with Crippen molar-refractivity contribution in [1.29, 1.82) is 0 Å². The molecule has 102 valence electrons. The van der Waals surface area contributed by atoms with E-state index in [1.807, 2.05) is 0 Å². The summed E-state index contributed by atoms with van der Waals surface area (Å²) < 4.78 is 73.1. The Morgan fingerprint density at radius 3 is 1.76 bits per heavy atom. The summed E-state index contributed by atoms with van der Waals surface area (Å²) in [7, 11) is 0.893. The van der Waals surface area contributed by atoms with Crippen LogP contribution < -0.4 is 0 Å². The highest BCUT2D eigenvalue weighted by Crippen LogP contribution is 2.40. The third-order valence-electron chi connectivity index (χ3n) is 1.80. The van der Waals surface area contributed by atoms with Gasteiger partial charge < -0.3 is 4.90 Å². The molecule has 0 heterocycles. The molecule has 17 heavy (non-hydrogen) atoms. The molecule has 1 amide bonds. The Bertz CT molecular complexity index is 260. The maximum absolute atomic E-state index is 12.2. The van der Waals surface area contributed by atoms with Crippen LogP contribution in [0.2, 0.25) is 0 Å². The fourth-order valence-corrected chi connectivity index (χ4v) is 1.59. The quantitative estimate of drug-likeness (QED) is 0.576. The minimum absolute atomic E-state index is 0.249. The molecule has 0 rings (SSSR count). The van der Waals surface area contributed by atoms with Gasteiger partial charge in [-0.15, -0.1) is 0 Å². The second kappa shape index (κ2) is 5.45. The monoisotopic (exact) mass is 329 g/mol. The van der Waals surface area contributed by atoms with Gasteiger partial charge in [-0.25, -0.2) is 0 Å². The van der Waals surface area contributed by atoms with Crippen LogP contribution in [0.25, 0.3) is 0 Å². The first-order chi connectivity index (χ1) is 7.37. The minimum Gasteiger partial charge on any atom is -0.344 e. The van der Waals surface area contributed by atoms with Gasteiger partial charge in [0, 0.05) is 18.4 Å². The van der Waals surface area contributed by atoms with Crippen molar-refractivity contribution in [3.05, 3.63) is 0 Å². The van der Waals surface area contributed by atoms with Gasteiger partial charge in [0.05, 0.1) is 0 Å². The molecule has 0 radical (unpaired) electrons. The standard InChI is InChI=1S/C8H10BrF6NO/c1-4(9)3-16(2)6(17)5(7(10,11)12)8(13,14)15/h4-5H,3H2,1-2H3. The lowest BCUT2D eigenvalue weighted by Crippen LogP contribution is -2.49. The molecule has 0 aromatic carbocycles. The highest BCUT2D eigenvalue weighted by molar-refractivity contribution is 9.09. The average Bonchev–Trinajstić information content (AvgIpc) is 1.96. The van der Waals surface area contributed by atoms with Gasteiger partial charge in [0.15, 0.2) is 0 Å². The zero-order chi connectivity index (χ0) is 14.0. The molecule has 1 atom stereocenters. The van der Waals surface area contributed by atoms with Crippen molar-refractivity contribution in [2.75, 3.05) is 13.6 Å². The number of rotatable bonds is 3. The second-order valence-corrected chi connectivity index (χ2v) is 5.08. The van der Waals surface area contributed by atoms with Crippen LogP contribution in [0, 0.1) is 5.92 Å². The number of carbonyl (C=O) groups excluding carboxylic acids is 1. The molecule has 9 heteroatoms. The molecule has 1 unspecified atom stereocenters. The van der Waals surface area contributed by atoms with E-state index in [1.165, 1.54) is 6.92 Å². The molecule has 0 aliphatic rings. The fourth-order valence-electron chi connectivity index (χ4n) is 1.15. The second-order valence-electron chi connectivity index (χ2n) is 3.52. The van der Waals surface area contributed by atoms with Gasteiger partial charge in [0.25, 0.3) is 0 Å². The maximum atomic E-state index is 12.2. The Hall–Kier alpha value is -0.470. The predicted molar refractivity (Wildman–Crippen MR) is 51.6 cm³/mol. The third-order valence-corrected chi connectivity index (χ3v) is 2.09. The molecule has 0 aromatic rings. The summed E-state index contributed by atoms with van der Waals surface area (Å²) in [6, 6.07) is 0. The normalized spacial score (nSPS) is 14.9. The van der Waals surface area contributed by atoms with E-state index < -0.39 is 29.0 Å². The van der Waals surface area contributed by atoms with E-state index in [0.717, 1.165) is 7.05 Å². The largest absolute Gasteiger partial charge is 0.409 e. The van der Waals surface area contributed by atoms with E-state index in [9.17, 15) is 31.1 Å². The van der Waals surface area contributed by atoms with Crippen molar-refractivity contribution in [2.24, 2.45) is 5.92 Å². The maximum Gasteiger partial charge on any atom is 0.409 e. The van der Waals surface area contributed by atoms with Gasteiger partial charge in [0.2, 0.25) is 11.8 Å². The number of amides is 1. The zero-order valence-corrected chi connectivity index (χ0v) is 10.4. The van der Waals surface area contributed by atoms with Crippen LogP contribution in [0.3, 0.4) is 0 Å². The molecule has 0 bridgehead atoms. The lowest BCUT2D eigenvalue weighted by Gasteiger charge is -2.27. The zero-order valence-electron chi connectivity index (χ0n) is 8.86. The molecule has 2 nitrogen and oxygen atoms in total. The Morgan fingerprint density at radius 1 is 1.18 bits per heavy atom. The van der Waals surface area contributed by atoms with E-state index in [4.69, 9.17) is 0 Å². The van der Waals surface area contributed by atoms with Crippen LogP contribution >= 0.6 is 15.9 Å². The SMILES string of the molecule is CC(Br)CN(C)C(=O)C(C(F)(F)F)C(F)(F)F. The molecule has 0 saturated heterocycles. The van der Waals surface area contributed by atoms with Crippen LogP contribution in [0.15, 0.2) is 0 Å². The molecule has 0 aliphatic heterocycles. The lowest BCUT2D eigenvalue weighted by atomic mass is 10.1. The van der Waals surface area contributed by atoms with Gasteiger partial charge in [0.1, 0.15) is 0 Å². The summed E-state index contributed by atoms with van der Waals surface area (Å²) >= 11 is 2.94. The molecule has 0 fully saturated rings. The summed E-state index contributed by atoms with van der Waals surface area (Å²) in [5.74, 6) is -5.97. The number of hydrogen-bond acceptors (Lipinski definition) is 1. The molecule has 0 spiro atoms. The van der Waals surface area contributed by atoms with Crippen molar-refractivity contribution in [3.63, 3.8) is 0 Å². The highest BCUT2D eigenvalue weighted by Gasteiger charge is 2.61. The van der Waals surface area contributed by atoms with Crippen LogP contribution in [-0.2, 0) is 4.79 Å². The number of carbonyl (C=O) groups is 1. The van der Waals surface area contributed by atoms with Gasteiger partial charge in [-0.1, -0.05) is 22.9 Å². The lowest BCUT2D eigenvalue weighted by molar-refractivity contribution is -0.277. The van der Waals surface area contributed by atoms with Crippen LogP contribution in [-0.4, -0.2) is 41.6 Å². The van der Waals surface area contributed by atoms with Crippen molar-refractivity contribution in [3.8, 4) is 0 Å². The van der Waals surface area contributed by atoms with Crippen LogP contribution in [0.1, 0.15) is 6.92 Å². The number of alkyl halides is 7. The van der Waals surface area contributed by atoms with Crippen molar-refractivity contribution >= 4 is 21.8 Å². The Labute approximate surface area is 102 Å². The summed E-state index contributed by atoms with van der Waals surface area (Å²) in [5.41, 5.74) is 0. The van der Waals surface area contributed by atoms with E-state index in [0.29, 0.717) is 4.90 Å². The first-order valence-electron chi connectivity index (χ1n) is 4.39. The van der Waals surface area contributed by atoms with Crippen molar-refractivity contribution in [1.82, 2.24) is 4.90 Å². The Morgan fingerprint density at radius 2 is 1.53 bits per heavy atom. The third kappa shape index (κ3) is 5.13. The molecule has 0 saturated carbocycles. The summed E-state index contributed by atoms with van der Waals surface area (Å²) in [4.78, 5) is 11.1. The number of nitrogens with zero attached hydrogens (tertiary/aromatic N) is 1. The molecular weight excluding hydrogens is 320 g/mol. The first-order valence-corrected chi connectivity index (χ1v) is 5.31. The van der Waals surface area contributed by atoms with Gasteiger partial charge >= 0.3 is 12.4 Å². The summed E-state index contributed by atoms with van der Waals surface area (Å²) in [6.45, 7) is 1.25. The fraction of sp³-hybridized carbons (Fsp3) is 0.875. The number of hydrogen-bond donors (Lipinski definition) is 0. The number of halogens is 7. The Kier molecular flexibility index (Phi) is 5.30. The van der Waals surface area contributed by atoms with E-state index in [2.05, 4.69) is 15.9 Å². The molecular formula is C8H10BrF6NO. The topological polar surface area (TPSA) is 20.3 Å². The summed E-state index contributed by atoms with van der Waals surface area (Å²) in [5, 5.41) is 0. The highest BCUT2D eigenvalue weighted by atomic mass is 79.9. The van der Waals surface area contributed by atoms with Crippen LogP contribution in [0.4, 0.5) is 26.3 Å². The predicted octanol–water partition coefficient (Wildman–Crippen LogP) is 2.97. The van der Waals surface area contributed by atoms with Crippen molar-refractivity contribution in [2.45, 2.75) is 24.1 Å². The van der Waals surface area contributed by atoms with Gasteiger partial charge in [-0.05, 0) is 0 Å². The smallest absolute Gasteiger partial charge is 0.344 e. The van der Waals surface area contributed by atoms with E-state index in [1.54, 1.807) is 0 Å². The average molecular weight is 330 g/mol. The molecule has 0 aliphatic carbocycles. The van der Waals surface area contributed by atoms with Gasteiger partial charge in [-0.2, -0.15) is 26.3 Å². The van der Waals surface area contributed by atoms with E-state index >= 15 is 0 Å². The molecule has 0 N–H and O–H groups in total. The van der Waals surface area contributed by atoms with E-state index in [-0.39, 0.29) is 6.54 Å².